The smallest absolute Gasteiger partial charge is 0.305 e. The van der Waals surface area contributed by atoms with Crippen molar-refractivity contribution in [3.8, 4) is 0 Å². The fourth-order valence-corrected chi connectivity index (χ4v) is 1.74. The highest BCUT2D eigenvalue weighted by Gasteiger charge is 2.05. The molecule has 0 bridgehead atoms. The highest BCUT2D eigenvalue weighted by Crippen LogP contribution is 2.08. The van der Waals surface area contributed by atoms with E-state index in [1.165, 1.54) is 5.69 Å². The molecule has 0 aliphatic rings. The van der Waals surface area contributed by atoms with Crippen LogP contribution in [0, 0.1) is 0 Å². The van der Waals surface area contributed by atoms with Gasteiger partial charge in [0.15, 0.2) is 0 Å². The summed E-state index contributed by atoms with van der Waals surface area (Å²) in [6.07, 6.45) is 5.00. The topological polar surface area (TPSA) is 56.1 Å². The molecule has 0 atom stereocenters. The van der Waals surface area contributed by atoms with Crippen LogP contribution in [0.5, 0.6) is 0 Å². The minimum absolute atomic E-state index is 0.119. The number of nitrogens with one attached hydrogen (secondary N) is 1. The van der Waals surface area contributed by atoms with Crippen LogP contribution >= 0.6 is 0 Å². The van der Waals surface area contributed by atoms with E-state index in [9.17, 15) is 4.79 Å². The van der Waals surface area contributed by atoms with Crippen LogP contribution in [-0.4, -0.2) is 28.7 Å². The molecule has 0 fully saturated rings. The van der Waals surface area contributed by atoms with Gasteiger partial charge in [-0.2, -0.15) is 0 Å². The Morgan fingerprint density at radius 2 is 2.33 bits per heavy atom. The lowest BCUT2D eigenvalue weighted by Gasteiger charge is -2.12. The number of carbonyl (C=O) groups excluding carboxylic acids is 1. The highest BCUT2D eigenvalue weighted by molar-refractivity contribution is 5.69. The van der Waals surface area contributed by atoms with Gasteiger partial charge in [-0.15, -0.1) is 0 Å². The molecule has 0 unspecified atom stereocenters. The summed E-state index contributed by atoms with van der Waals surface area (Å²) in [7, 11) is 0. The minimum Gasteiger partial charge on any atom is -0.466 e. The van der Waals surface area contributed by atoms with Gasteiger partial charge in [0.05, 0.1) is 18.6 Å². The van der Waals surface area contributed by atoms with Crippen LogP contribution in [0.3, 0.4) is 0 Å². The van der Waals surface area contributed by atoms with Gasteiger partial charge >= 0.3 is 5.97 Å². The number of rotatable bonds is 8. The molecule has 0 aromatic carbocycles. The number of imidazole rings is 1. The predicted molar refractivity (Wildman–Crippen MR) is 70.2 cm³/mol. The first-order valence-electron chi connectivity index (χ1n) is 6.52. The molecule has 0 saturated heterocycles. The van der Waals surface area contributed by atoms with Crippen molar-refractivity contribution >= 4 is 5.97 Å². The Morgan fingerprint density at radius 3 is 3.00 bits per heavy atom. The zero-order valence-electron chi connectivity index (χ0n) is 11.5. The van der Waals surface area contributed by atoms with E-state index in [4.69, 9.17) is 4.74 Å². The van der Waals surface area contributed by atoms with Crippen LogP contribution in [0.1, 0.15) is 45.3 Å². The molecular weight excluding hydrogens is 230 g/mol. The van der Waals surface area contributed by atoms with Gasteiger partial charge in [0.2, 0.25) is 0 Å². The molecule has 0 radical (unpaired) electrons. The molecule has 1 N–H and O–H groups in total. The predicted octanol–water partition coefficient (Wildman–Crippen LogP) is 1.90. The molecule has 0 aliphatic heterocycles. The second-order valence-electron chi connectivity index (χ2n) is 4.47. The van der Waals surface area contributed by atoms with Gasteiger partial charge in [-0.1, -0.05) is 0 Å². The standard InChI is InChI=1S/C13H23N3O2/c1-4-18-13(17)6-5-7-14-8-12-9-15-10-16(12)11(2)3/h9-11,14H,4-8H2,1-3H3. The first kappa shape index (κ1) is 14.7. The number of nitrogens with zero attached hydrogens (tertiary/aromatic N) is 2. The largest absolute Gasteiger partial charge is 0.466 e. The molecule has 0 amide bonds. The lowest BCUT2D eigenvalue weighted by atomic mass is 10.3. The fourth-order valence-electron chi connectivity index (χ4n) is 1.74. The maximum absolute atomic E-state index is 11.1. The summed E-state index contributed by atoms with van der Waals surface area (Å²) in [5.74, 6) is -0.119. The Morgan fingerprint density at radius 1 is 1.56 bits per heavy atom. The second kappa shape index (κ2) is 7.87. The Hall–Kier alpha value is -1.36. The number of carbonyl (C=O) groups is 1. The molecule has 0 saturated carbocycles. The number of hydrogen-bond donors (Lipinski definition) is 1. The van der Waals surface area contributed by atoms with Gasteiger partial charge in [0.1, 0.15) is 0 Å². The lowest BCUT2D eigenvalue weighted by Crippen LogP contribution is -2.19. The molecule has 1 aromatic rings. The number of ether oxygens (including phenoxy) is 1. The monoisotopic (exact) mass is 253 g/mol. The SMILES string of the molecule is CCOC(=O)CCCNCc1cncn1C(C)C. The van der Waals surface area contributed by atoms with Crippen LogP contribution in [0.15, 0.2) is 12.5 Å². The summed E-state index contributed by atoms with van der Waals surface area (Å²) in [4.78, 5) is 15.3. The van der Waals surface area contributed by atoms with Crippen molar-refractivity contribution in [3.05, 3.63) is 18.2 Å². The van der Waals surface area contributed by atoms with Crippen LogP contribution in [0.4, 0.5) is 0 Å². The van der Waals surface area contributed by atoms with Gasteiger partial charge in [-0.3, -0.25) is 4.79 Å². The van der Waals surface area contributed by atoms with E-state index in [2.05, 4.69) is 28.7 Å². The molecule has 0 spiro atoms. The second-order valence-corrected chi connectivity index (χ2v) is 4.47. The van der Waals surface area contributed by atoms with Crippen molar-refractivity contribution in [1.29, 1.82) is 0 Å². The Balaban J connectivity index is 2.18. The first-order valence-corrected chi connectivity index (χ1v) is 6.52. The number of aromatic nitrogens is 2. The summed E-state index contributed by atoms with van der Waals surface area (Å²) in [6.45, 7) is 8.13. The average Bonchev–Trinajstić information content (AvgIpc) is 2.77. The third kappa shape index (κ3) is 4.87. The Bertz CT molecular complexity index is 361. The van der Waals surface area contributed by atoms with Crippen molar-refractivity contribution < 1.29 is 9.53 Å². The van der Waals surface area contributed by atoms with Gasteiger partial charge in [-0.25, -0.2) is 4.98 Å². The molecule has 1 heterocycles. The summed E-state index contributed by atoms with van der Waals surface area (Å²) in [5.41, 5.74) is 1.17. The Kier molecular flexibility index (Phi) is 6.43. The molecule has 1 rings (SSSR count). The van der Waals surface area contributed by atoms with Crippen LogP contribution in [-0.2, 0) is 16.1 Å². The van der Waals surface area contributed by atoms with E-state index in [-0.39, 0.29) is 5.97 Å². The van der Waals surface area contributed by atoms with Gasteiger partial charge < -0.3 is 14.6 Å². The molecule has 102 valence electrons. The van der Waals surface area contributed by atoms with Crippen molar-refractivity contribution in [3.63, 3.8) is 0 Å². The van der Waals surface area contributed by atoms with E-state index < -0.39 is 0 Å². The first-order chi connectivity index (χ1) is 8.65. The van der Waals surface area contributed by atoms with Crippen molar-refractivity contribution in [2.75, 3.05) is 13.2 Å². The quantitative estimate of drug-likeness (QED) is 0.568. The van der Waals surface area contributed by atoms with Crippen molar-refractivity contribution in [1.82, 2.24) is 14.9 Å². The molecule has 5 nitrogen and oxygen atoms in total. The van der Waals surface area contributed by atoms with Gasteiger partial charge in [0, 0.05) is 25.2 Å². The van der Waals surface area contributed by atoms with E-state index in [1.807, 2.05) is 19.4 Å². The summed E-state index contributed by atoms with van der Waals surface area (Å²) in [5, 5.41) is 3.31. The van der Waals surface area contributed by atoms with Crippen LogP contribution in [0.2, 0.25) is 0 Å². The third-order valence-electron chi connectivity index (χ3n) is 2.65. The average molecular weight is 253 g/mol. The third-order valence-corrected chi connectivity index (χ3v) is 2.65. The summed E-state index contributed by atoms with van der Waals surface area (Å²) < 4.78 is 7.00. The Labute approximate surface area is 109 Å². The van der Waals surface area contributed by atoms with Crippen molar-refractivity contribution in [2.24, 2.45) is 0 Å². The van der Waals surface area contributed by atoms with Gasteiger partial charge in [-0.05, 0) is 33.7 Å². The molecule has 18 heavy (non-hydrogen) atoms. The zero-order chi connectivity index (χ0) is 13.4. The van der Waals surface area contributed by atoms with E-state index >= 15 is 0 Å². The van der Waals surface area contributed by atoms with Crippen LogP contribution in [0.25, 0.3) is 0 Å². The van der Waals surface area contributed by atoms with E-state index in [1.54, 1.807) is 0 Å². The highest BCUT2D eigenvalue weighted by atomic mass is 16.5. The summed E-state index contributed by atoms with van der Waals surface area (Å²) >= 11 is 0. The minimum atomic E-state index is -0.119. The maximum atomic E-state index is 11.1. The number of hydrogen-bond acceptors (Lipinski definition) is 4. The maximum Gasteiger partial charge on any atom is 0.305 e. The van der Waals surface area contributed by atoms with E-state index in [0.29, 0.717) is 19.1 Å². The number of esters is 1. The fraction of sp³-hybridized carbons (Fsp3) is 0.692. The molecule has 0 aliphatic carbocycles. The normalized spacial score (nSPS) is 10.9. The molecule has 5 heteroatoms. The molecular formula is C13H23N3O2. The molecule has 1 aromatic heterocycles. The van der Waals surface area contributed by atoms with Crippen molar-refractivity contribution in [2.45, 2.75) is 46.2 Å². The lowest BCUT2D eigenvalue weighted by molar-refractivity contribution is -0.143. The van der Waals surface area contributed by atoms with E-state index in [0.717, 1.165) is 19.5 Å². The zero-order valence-corrected chi connectivity index (χ0v) is 11.5. The summed E-state index contributed by atoms with van der Waals surface area (Å²) in [6, 6.07) is 0.420. The van der Waals surface area contributed by atoms with Gasteiger partial charge in [0.25, 0.3) is 0 Å². The van der Waals surface area contributed by atoms with Crippen LogP contribution < -0.4 is 5.32 Å².